The minimum atomic E-state index is 0.131. The molecule has 1 saturated carbocycles. The molecule has 1 aromatic rings. The van der Waals surface area contributed by atoms with Gasteiger partial charge in [0.15, 0.2) is 5.11 Å². The number of thiocarbonyl (C=S) groups is 1. The summed E-state index contributed by atoms with van der Waals surface area (Å²) in [5.74, 6) is 0.774. The Morgan fingerprint density at radius 2 is 1.83 bits per heavy atom. The molecule has 3 rings (SSSR count). The number of hydrogen-bond acceptors (Lipinski definition) is 2. The first-order valence-electron chi connectivity index (χ1n) is 9.00. The fourth-order valence-electron chi connectivity index (χ4n) is 3.89. The van der Waals surface area contributed by atoms with Gasteiger partial charge in [0.2, 0.25) is 5.91 Å². The highest BCUT2D eigenvalue weighted by Gasteiger charge is 2.37. The van der Waals surface area contributed by atoms with Gasteiger partial charge >= 0.3 is 0 Å². The molecule has 0 aromatic heterocycles. The molecule has 1 aliphatic heterocycles. The van der Waals surface area contributed by atoms with E-state index in [1.165, 1.54) is 25.7 Å². The Balaban J connectivity index is 1.61. The summed E-state index contributed by atoms with van der Waals surface area (Å²) in [5, 5.41) is 7.56. The molecular formula is C19H27N3OS. The third kappa shape index (κ3) is 3.56. The zero-order chi connectivity index (χ0) is 17.2. The second-order valence-corrected chi connectivity index (χ2v) is 7.70. The Labute approximate surface area is 150 Å². The Kier molecular flexibility index (Phi) is 5.09. The van der Waals surface area contributed by atoms with Crippen LogP contribution in [0.1, 0.15) is 52.4 Å². The normalized spacial score (nSPS) is 19.8. The lowest BCUT2D eigenvalue weighted by molar-refractivity contribution is -0.117. The summed E-state index contributed by atoms with van der Waals surface area (Å²) in [6, 6.07) is 7.96. The third-order valence-corrected chi connectivity index (χ3v) is 5.68. The first-order valence-corrected chi connectivity index (χ1v) is 9.41. The van der Waals surface area contributed by atoms with Gasteiger partial charge in [-0.2, -0.15) is 0 Å². The van der Waals surface area contributed by atoms with E-state index >= 15 is 0 Å². The highest BCUT2D eigenvalue weighted by molar-refractivity contribution is 7.80. The van der Waals surface area contributed by atoms with Crippen molar-refractivity contribution < 1.29 is 4.79 Å². The first kappa shape index (κ1) is 17.2. The standard InChI is InChI=1S/C19H27N3OS/c1-14(2)19(11-3-4-12-19)21-18(24)20-15-7-9-16(10-8-15)22-13-5-6-17(22)23/h7-10,14H,3-6,11-13H2,1-2H3,(H2,20,21,24). The number of amides is 1. The van der Waals surface area contributed by atoms with Crippen molar-refractivity contribution in [3.63, 3.8) is 0 Å². The first-order chi connectivity index (χ1) is 11.5. The van der Waals surface area contributed by atoms with Gasteiger partial charge in [-0.3, -0.25) is 4.79 Å². The SMILES string of the molecule is CC(C)C1(NC(=S)Nc2ccc(N3CCCC3=O)cc2)CCCC1. The molecule has 0 unspecified atom stereocenters. The lowest BCUT2D eigenvalue weighted by Gasteiger charge is -2.35. The van der Waals surface area contributed by atoms with E-state index in [0.29, 0.717) is 17.5 Å². The van der Waals surface area contributed by atoms with Crippen LogP contribution in [0.5, 0.6) is 0 Å². The number of anilines is 2. The summed E-state index contributed by atoms with van der Waals surface area (Å²) in [6.45, 7) is 5.36. The lowest BCUT2D eigenvalue weighted by Crippen LogP contribution is -2.51. The molecular weight excluding hydrogens is 318 g/mol. The van der Waals surface area contributed by atoms with E-state index in [1.54, 1.807) is 0 Å². The van der Waals surface area contributed by atoms with E-state index in [-0.39, 0.29) is 11.4 Å². The van der Waals surface area contributed by atoms with Gasteiger partial charge in [0, 0.05) is 29.9 Å². The lowest BCUT2D eigenvalue weighted by atomic mass is 9.85. The van der Waals surface area contributed by atoms with Crippen LogP contribution in [0.4, 0.5) is 11.4 Å². The monoisotopic (exact) mass is 345 g/mol. The number of nitrogens with zero attached hydrogens (tertiary/aromatic N) is 1. The van der Waals surface area contributed by atoms with Crippen LogP contribution in [0.3, 0.4) is 0 Å². The Morgan fingerprint density at radius 1 is 1.17 bits per heavy atom. The summed E-state index contributed by atoms with van der Waals surface area (Å²) >= 11 is 5.54. The molecule has 1 aliphatic carbocycles. The van der Waals surface area contributed by atoms with Crippen molar-refractivity contribution in [2.45, 2.75) is 57.9 Å². The van der Waals surface area contributed by atoms with E-state index in [9.17, 15) is 4.79 Å². The van der Waals surface area contributed by atoms with Gasteiger partial charge in [-0.05, 0) is 61.7 Å². The van der Waals surface area contributed by atoms with E-state index in [2.05, 4.69) is 24.5 Å². The molecule has 5 heteroatoms. The summed E-state index contributed by atoms with van der Waals surface area (Å²) in [6.07, 6.45) is 6.51. The maximum Gasteiger partial charge on any atom is 0.227 e. The fourth-order valence-corrected chi connectivity index (χ4v) is 4.21. The van der Waals surface area contributed by atoms with Crippen LogP contribution < -0.4 is 15.5 Å². The van der Waals surface area contributed by atoms with Crippen LogP contribution in [-0.2, 0) is 4.79 Å². The number of rotatable bonds is 4. The molecule has 2 aliphatic rings. The van der Waals surface area contributed by atoms with Crippen LogP contribution >= 0.6 is 12.2 Å². The van der Waals surface area contributed by atoms with Gasteiger partial charge in [-0.25, -0.2) is 0 Å². The second-order valence-electron chi connectivity index (χ2n) is 7.29. The Hall–Kier alpha value is -1.62. The summed E-state index contributed by atoms with van der Waals surface area (Å²) in [7, 11) is 0. The van der Waals surface area contributed by atoms with Crippen LogP contribution in [0.25, 0.3) is 0 Å². The van der Waals surface area contributed by atoms with E-state index in [1.807, 2.05) is 29.2 Å². The van der Waals surface area contributed by atoms with Crippen molar-refractivity contribution >= 4 is 34.6 Å². The van der Waals surface area contributed by atoms with Crippen molar-refractivity contribution in [1.82, 2.24) is 5.32 Å². The van der Waals surface area contributed by atoms with Gasteiger partial charge in [-0.15, -0.1) is 0 Å². The Bertz CT molecular complexity index is 606. The average Bonchev–Trinajstić information content (AvgIpc) is 3.18. The predicted molar refractivity (Wildman–Crippen MR) is 103 cm³/mol. The smallest absolute Gasteiger partial charge is 0.227 e. The maximum absolute atomic E-state index is 11.8. The molecule has 0 bridgehead atoms. The highest BCUT2D eigenvalue weighted by Crippen LogP contribution is 2.36. The third-order valence-electron chi connectivity index (χ3n) is 5.47. The summed E-state index contributed by atoms with van der Waals surface area (Å²) in [5.41, 5.74) is 2.06. The van der Waals surface area contributed by atoms with Crippen LogP contribution in [0, 0.1) is 5.92 Å². The molecule has 0 spiro atoms. The molecule has 130 valence electrons. The van der Waals surface area contributed by atoms with E-state index in [0.717, 1.165) is 24.3 Å². The van der Waals surface area contributed by atoms with Gasteiger partial charge in [0.25, 0.3) is 0 Å². The molecule has 1 saturated heterocycles. The van der Waals surface area contributed by atoms with Crippen molar-refractivity contribution in [1.29, 1.82) is 0 Å². The molecule has 4 nitrogen and oxygen atoms in total. The van der Waals surface area contributed by atoms with Gasteiger partial charge in [0.1, 0.15) is 0 Å². The topological polar surface area (TPSA) is 44.4 Å². The zero-order valence-corrected chi connectivity index (χ0v) is 15.4. The van der Waals surface area contributed by atoms with Crippen molar-refractivity contribution in [3.8, 4) is 0 Å². The van der Waals surface area contributed by atoms with Crippen LogP contribution in [0.15, 0.2) is 24.3 Å². The number of nitrogens with one attached hydrogen (secondary N) is 2. The van der Waals surface area contributed by atoms with Crippen molar-refractivity contribution in [2.24, 2.45) is 5.92 Å². The quantitative estimate of drug-likeness (QED) is 0.808. The van der Waals surface area contributed by atoms with Crippen molar-refractivity contribution in [3.05, 3.63) is 24.3 Å². The zero-order valence-electron chi connectivity index (χ0n) is 14.6. The molecule has 1 aromatic carbocycles. The fraction of sp³-hybridized carbons (Fsp3) is 0.579. The molecule has 0 atom stereocenters. The van der Waals surface area contributed by atoms with Gasteiger partial charge < -0.3 is 15.5 Å². The van der Waals surface area contributed by atoms with Gasteiger partial charge in [0.05, 0.1) is 0 Å². The molecule has 2 N–H and O–H groups in total. The molecule has 0 radical (unpaired) electrons. The van der Waals surface area contributed by atoms with Crippen LogP contribution in [0.2, 0.25) is 0 Å². The van der Waals surface area contributed by atoms with Crippen molar-refractivity contribution in [2.75, 3.05) is 16.8 Å². The molecule has 24 heavy (non-hydrogen) atoms. The van der Waals surface area contributed by atoms with E-state index < -0.39 is 0 Å². The van der Waals surface area contributed by atoms with E-state index in [4.69, 9.17) is 12.2 Å². The van der Waals surface area contributed by atoms with Crippen LogP contribution in [-0.4, -0.2) is 23.1 Å². The highest BCUT2D eigenvalue weighted by atomic mass is 32.1. The minimum Gasteiger partial charge on any atom is -0.357 e. The maximum atomic E-state index is 11.8. The molecule has 1 amide bonds. The second kappa shape index (κ2) is 7.09. The summed E-state index contributed by atoms with van der Waals surface area (Å²) < 4.78 is 0. The number of carbonyl (C=O) groups is 1. The average molecular weight is 346 g/mol. The van der Waals surface area contributed by atoms with Gasteiger partial charge in [-0.1, -0.05) is 26.7 Å². The number of benzene rings is 1. The summed E-state index contributed by atoms with van der Waals surface area (Å²) in [4.78, 5) is 13.7. The largest absolute Gasteiger partial charge is 0.357 e. The Morgan fingerprint density at radius 3 is 2.38 bits per heavy atom. The molecule has 1 heterocycles. The number of hydrogen-bond donors (Lipinski definition) is 2. The minimum absolute atomic E-state index is 0.131. The molecule has 2 fully saturated rings. The predicted octanol–water partition coefficient (Wildman–Crippen LogP) is 4.07. The number of carbonyl (C=O) groups excluding carboxylic acids is 1.